The van der Waals surface area contributed by atoms with E-state index in [1.165, 1.54) is 22.3 Å². The Labute approximate surface area is 173 Å². The summed E-state index contributed by atoms with van der Waals surface area (Å²) < 4.78 is 2.21. The van der Waals surface area contributed by atoms with Crippen LogP contribution in [0.3, 0.4) is 0 Å². The maximum absolute atomic E-state index is 4.75. The quantitative estimate of drug-likeness (QED) is 0.455. The predicted molar refractivity (Wildman–Crippen MR) is 120 cm³/mol. The minimum absolute atomic E-state index is 0.671. The second-order valence-electron chi connectivity index (χ2n) is 7.26. The van der Waals surface area contributed by atoms with Crippen LogP contribution in [-0.4, -0.2) is 28.6 Å². The van der Waals surface area contributed by atoms with Gasteiger partial charge in [0.05, 0.1) is 6.54 Å². The standard InChI is InChI=1S/C24H31N5/c1-4-25-24(28-17-22-11-10-19(2)16-20(22)3)27-13-12-23-26-14-15-29(23)18-21-8-6-5-7-9-21/h5-11,14-16H,4,12-13,17-18H2,1-3H3,(H2,25,27,28). The minimum Gasteiger partial charge on any atom is -0.357 e. The van der Waals surface area contributed by atoms with E-state index in [4.69, 9.17) is 4.99 Å². The first-order valence-corrected chi connectivity index (χ1v) is 10.3. The van der Waals surface area contributed by atoms with E-state index in [0.717, 1.165) is 37.8 Å². The highest BCUT2D eigenvalue weighted by molar-refractivity contribution is 5.79. The molecular formula is C24H31N5. The second-order valence-corrected chi connectivity index (χ2v) is 7.26. The number of aryl methyl sites for hydroxylation is 2. The van der Waals surface area contributed by atoms with E-state index in [-0.39, 0.29) is 0 Å². The summed E-state index contributed by atoms with van der Waals surface area (Å²) >= 11 is 0. The number of aromatic nitrogens is 2. The third-order valence-electron chi connectivity index (χ3n) is 4.89. The number of benzene rings is 2. The molecule has 3 rings (SSSR count). The lowest BCUT2D eigenvalue weighted by molar-refractivity contribution is 0.694. The summed E-state index contributed by atoms with van der Waals surface area (Å²) in [6, 6.07) is 17.0. The number of aliphatic imine (C=N–C) groups is 1. The first-order valence-electron chi connectivity index (χ1n) is 10.3. The van der Waals surface area contributed by atoms with Gasteiger partial charge in [0.1, 0.15) is 5.82 Å². The van der Waals surface area contributed by atoms with Crippen molar-refractivity contribution in [3.05, 3.63) is 89.0 Å². The molecule has 0 bridgehead atoms. The molecule has 0 aliphatic carbocycles. The summed E-state index contributed by atoms with van der Waals surface area (Å²) in [4.78, 5) is 9.28. The Balaban J connectivity index is 1.56. The average Bonchev–Trinajstić information content (AvgIpc) is 3.15. The van der Waals surface area contributed by atoms with E-state index in [0.29, 0.717) is 6.54 Å². The van der Waals surface area contributed by atoms with E-state index < -0.39 is 0 Å². The third-order valence-corrected chi connectivity index (χ3v) is 4.89. The van der Waals surface area contributed by atoms with Crippen LogP contribution in [0.5, 0.6) is 0 Å². The molecule has 0 saturated heterocycles. The molecular weight excluding hydrogens is 358 g/mol. The van der Waals surface area contributed by atoms with Crippen molar-refractivity contribution in [2.45, 2.75) is 40.3 Å². The molecule has 5 heteroatoms. The highest BCUT2D eigenvalue weighted by atomic mass is 15.2. The largest absolute Gasteiger partial charge is 0.357 e. The van der Waals surface area contributed by atoms with Crippen molar-refractivity contribution >= 4 is 5.96 Å². The number of nitrogens with zero attached hydrogens (tertiary/aromatic N) is 3. The summed E-state index contributed by atoms with van der Waals surface area (Å²) in [5, 5.41) is 6.77. The zero-order chi connectivity index (χ0) is 20.5. The summed E-state index contributed by atoms with van der Waals surface area (Å²) in [6.07, 6.45) is 4.76. The maximum atomic E-state index is 4.75. The van der Waals surface area contributed by atoms with E-state index in [2.05, 4.69) is 83.4 Å². The van der Waals surface area contributed by atoms with Crippen molar-refractivity contribution in [3.63, 3.8) is 0 Å². The second kappa shape index (κ2) is 10.5. The van der Waals surface area contributed by atoms with Crippen LogP contribution in [-0.2, 0) is 19.5 Å². The lowest BCUT2D eigenvalue weighted by atomic mass is 10.1. The van der Waals surface area contributed by atoms with Gasteiger partial charge in [0, 0.05) is 38.4 Å². The van der Waals surface area contributed by atoms with Gasteiger partial charge in [0.15, 0.2) is 5.96 Å². The monoisotopic (exact) mass is 389 g/mol. The lowest BCUT2D eigenvalue weighted by Crippen LogP contribution is -2.38. The molecule has 3 aromatic rings. The van der Waals surface area contributed by atoms with Crippen LogP contribution in [0.15, 0.2) is 65.9 Å². The number of hydrogen-bond acceptors (Lipinski definition) is 2. The van der Waals surface area contributed by atoms with E-state index in [1.54, 1.807) is 0 Å². The van der Waals surface area contributed by atoms with Crippen molar-refractivity contribution in [2.24, 2.45) is 4.99 Å². The van der Waals surface area contributed by atoms with Gasteiger partial charge in [0.2, 0.25) is 0 Å². The van der Waals surface area contributed by atoms with Crippen molar-refractivity contribution in [2.75, 3.05) is 13.1 Å². The average molecular weight is 390 g/mol. The summed E-state index contributed by atoms with van der Waals surface area (Å²) in [5.41, 5.74) is 5.10. The first kappa shape index (κ1) is 20.6. The topological polar surface area (TPSA) is 54.2 Å². The molecule has 0 atom stereocenters. The molecule has 1 heterocycles. The Morgan fingerprint density at radius 2 is 1.90 bits per heavy atom. The Hall–Kier alpha value is -3.08. The first-order chi connectivity index (χ1) is 14.2. The van der Waals surface area contributed by atoms with Gasteiger partial charge in [-0.3, -0.25) is 0 Å². The fraction of sp³-hybridized carbons (Fsp3) is 0.333. The number of hydrogen-bond donors (Lipinski definition) is 2. The molecule has 0 saturated carbocycles. The Morgan fingerprint density at radius 3 is 2.66 bits per heavy atom. The number of nitrogens with one attached hydrogen (secondary N) is 2. The fourth-order valence-corrected chi connectivity index (χ4v) is 3.31. The molecule has 2 aromatic carbocycles. The van der Waals surface area contributed by atoms with Gasteiger partial charge in [-0.15, -0.1) is 0 Å². The molecule has 0 fully saturated rings. The smallest absolute Gasteiger partial charge is 0.191 e. The van der Waals surface area contributed by atoms with Crippen molar-refractivity contribution in [1.29, 1.82) is 0 Å². The molecule has 29 heavy (non-hydrogen) atoms. The van der Waals surface area contributed by atoms with Crippen LogP contribution < -0.4 is 10.6 Å². The van der Waals surface area contributed by atoms with Crippen LogP contribution in [0.4, 0.5) is 0 Å². The summed E-state index contributed by atoms with van der Waals surface area (Å²) in [7, 11) is 0. The molecule has 0 aliphatic rings. The van der Waals surface area contributed by atoms with Gasteiger partial charge in [-0.2, -0.15) is 0 Å². The van der Waals surface area contributed by atoms with E-state index in [9.17, 15) is 0 Å². The fourth-order valence-electron chi connectivity index (χ4n) is 3.31. The highest BCUT2D eigenvalue weighted by Gasteiger charge is 2.05. The molecule has 1 aromatic heterocycles. The molecule has 0 aliphatic heterocycles. The molecule has 2 N–H and O–H groups in total. The van der Waals surface area contributed by atoms with Gasteiger partial charge in [-0.25, -0.2) is 9.98 Å². The molecule has 0 radical (unpaired) electrons. The van der Waals surface area contributed by atoms with Gasteiger partial charge >= 0.3 is 0 Å². The third kappa shape index (κ3) is 6.21. The SMILES string of the molecule is CCNC(=NCc1ccc(C)cc1C)NCCc1nccn1Cc1ccccc1. The van der Waals surface area contributed by atoms with Crippen molar-refractivity contribution in [3.8, 4) is 0 Å². The van der Waals surface area contributed by atoms with E-state index >= 15 is 0 Å². The van der Waals surface area contributed by atoms with Crippen molar-refractivity contribution in [1.82, 2.24) is 20.2 Å². The number of imidazole rings is 1. The van der Waals surface area contributed by atoms with Crippen LogP contribution in [0, 0.1) is 13.8 Å². The van der Waals surface area contributed by atoms with Crippen LogP contribution >= 0.6 is 0 Å². The summed E-state index contributed by atoms with van der Waals surface area (Å²) in [5.74, 6) is 1.92. The van der Waals surface area contributed by atoms with Gasteiger partial charge in [-0.1, -0.05) is 54.1 Å². The van der Waals surface area contributed by atoms with Crippen molar-refractivity contribution < 1.29 is 0 Å². The van der Waals surface area contributed by atoms with Gasteiger partial charge in [0.25, 0.3) is 0 Å². The Bertz CT molecular complexity index is 927. The molecule has 5 nitrogen and oxygen atoms in total. The van der Waals surface area contributed by atoms with Gasteiger partial charge in [-0.05, 0) is 37.5 Å². The normalized spacial score (nSPS) is 11.5. The Morgan fingerprint density at radius 1 is 1.07 bits per heavy atom. The molecule has 0 spiro atoms. The minimum atomic E-state index is 0.671. The molecule has 0 amide bonds. The lowest BCUT2D eigenvalue weighted by Gasteiger charge is -2.13. The van der Waals surface area contributed by atoms with Gasteiger partial charge < -0.3 is 15.2 Å². The number of guanidine groups is 1. The summed E-state index contributed by atoms with van der Waals surface area (Å²) in [6.45, 7) is 9.48. The zero-order valence-corrected chi connectivity index (χ0v) is 17.7. The Kier molecular flexibility index (Phi) is 7.45. The van der Waals surface area contributed by atoms with Crippen LogP contribution in [0.2, 0.25) is 0 Å². The maximum Gasteiger partial charge on any atom is 0.191 e. The molecule has 152 valence electrons. The van der Waals surface area contributed by atoms with E-state index in [1.807, 2.05) is 18.5 Å². The molecule has 0 unspecified atom stereocenters. The van der Waals surface area contributed by atoms with Crippen LogP contribution in [0.1, 0.15) is 35.0 Å². The number of rotatable bonds is 8. The van der Waals surface area contributed by atoms with Crippen LogP contribution in [0.25, 0.3) is 0 Å². The zero-order valence-electron chi connectivity index (χ0n) is 17.7. The highest BCUT2D eigenvalue weighted by Crippen LogP contribution is 2.11. The predicted octanol–water partition coefficient (Wildman–Crippen LogP) is 3.85.